The molecule has 0 aliphatic heterocycles. The Balaban J connectivity index is 2.64. The van der Waals surface area contributed by atoms with Crippen LogP contribution >= 0.6 is 0 Å². The molecule has 0 aromatic heterocycles. The molecular weight excluding hydrogens is 199 g/mol. The van der Waals surface area contributed by atoms with Gasteiger partial charge in [0, 0.05) is 6.42 Å². The second-order valence-electron chi connectivity index (χ2n) is 3.29. The predicted octanol–water partition coefficient (Wildman–Crippen LogP) is 1.79. The summed E-state index contributed by atoms with van der Waals surface area (Å²) in [7, 11) is 0. The van der Waals surface area contributed by atoms with Crippen LogP contribution < -0.4 is 4.74 Å². The molecule has 0 amide bonds. The Labute approximate surface area is 87.5 Å². The zero-order chi connectivity index (χ0) is 11.3. The number of hydrogen-bond acceptors (Lipinski definition) is 3. The summed E-state index contributed by atoms with van der Waals surface area (Å²) in [5.74, 6) is -0.132. The molecule has 1 rings (SSSR count). The fourth-order valence-electron chi connectivity index (χ4n) is 1.08. The van der Waals surface area contributed by atoms with Crippen LogP contribution in [0.15, 0.2) is 18.2 Å². The van der Waals surface area contributed by atoms with Crippen LogP contribution in [0.2, 0.25) is 0 Å². The van der Waals surface area contributed by atoms with E-state index in [0.29, 0.717) is 25.1 Å². The Morgan fingerprint density at radius 1 is 1.60 bits per heavy atom. The van der Waals surface area contributed by atoms with Gasteiger partial charge >= 0.3 is 0 Å². The Morgan fingerprint density at radius 2 is 2.33 bits per heavy atom. The maximum Gasteiger partial charge on any atom is 0.153 e. The van der Waals surface area contributed by atoms with Gasteiger partial charge in [-0.3, -0.25) is 4.79 Å². The highest BCUT2D eigenvalue weighted by molar-refractivity contribution is 5.79. The van der Waals surface area contributed by atoms with Crippen LogP contribution in [0.3, 0.4) is 0 Å². The first-order valence-electron chi connectivity index (χ1n) is 4.69. The molecule has 0 radical (unpaired) electrons. The van der Waals surface area contributed by atoms with Crippen LogP contribution in [0.25, 0.3) is 0 Å². The molecule has 1 unspecified atom stereocenters. The average molecular weight is 212 g/mol. The van der Waals surface area contributed by atoms with Crippen molar-refractivity contribution in [1.29, 1.82) is 0 Å². The lowest BCUT2D eigenvalue weighted by atomic mass is 10.2. The smallest absolute Gasteiger partial charge is 0.153 e. The third-order valence-corrected chi connectivity index (χ3v) is 1.89. The number of aldehydes is 1. The molecule has 1 atom stereocenters. The van der Waals surface area contributed by atoms with Crippen LogP contribution in [0, 0.1) is 5.82 Å². The second-order valence-corrected chi connectivity index (χ2v) is 3.29. The van der Waals surface area contributed by atoms with Gasteiger partial charge in [0.1, 0.15) is 11.6 Å². The number of aliphatic hydroxyl groups is 1. The zero-order valence-corrected chi connectivity index (χ0v) is 8.44. The number of rotatable bonds is 5. The van der Waals surface area contributed by atoms with Crippen LogP contribution in [-0.4, -0.2) is 24.1 Å². The first-order valence-corrected chi connectivity index (χ1v) is 4.69. The maximum atomic E-state index is 12.7. The molecule has 0 aliphatic carbocycles. The molecule has 0 heterocycles. The number of ether oxygens (including phenoxy) is 1. The second kappa shape index (κ2) is 5.46. The first kappa shape index (κ1) is 11.7. The van der Waals surface area contributed by atoms with Gasteiger partial charge in [0.2, 0.25) is 0 Å². The van der Waals surface area contributed by atoms with E-state index in [1.165, 1.54) is 12.1 Å². The van der Waals surface area contributed by atoms with E-state index in [1.54, 1.807) is 6.92 Å². The van der Waals surface area contributed by atoms with Gasteiger partial charge in [-0.25, -0.2) is 4.39 Å². The summed E-state index contributed by atoms with van der Waals surface area (Å²) in [6.07, 6.45) is 0.557. The third-order valence-electron chi connectivity index (χ3n) is 1.89. The van der Waals surface area contributed by atoms with Crippen molar-refractivity contribution in [2.75, 3.05) is 6.61 Å². The average Bonchev–Trinajstić information content (AvgIpc) is 2.19. The third kappa shape index (κ3) is 3.67. The summed E-state index contributed by atoms with van der Waals surface area (Å²) in [5, 5.41) is 8.99. The van der Waals surface area contributed by atoms with Crippen molar-refractivity contribution in [3.8, 4) is 5.75 Å². The highest BCUT2D eigenvalue weighted by Gasteiger charge is 2.05. The van der Waals surface area contributed by atoms with E-state index in [4.69, 9.17) is 9.84 Å². The standard InChI is InChI=1S/C11H13FO3/c1-8(14)4-5-15-11-3-2-10(12)6-9(11)7-13/h2-3,6-8,14H,4-5H2,1H3. The van der Waals surface area contributed by atoms with Gasteiger partial charge in [-0.1, -0.05) is 0 Å². The van der Waals surface area contributed by atoms with E-state index in [0.717, 1.165) is 6.07 Å². The van der Waals surface area contributed by atoms with Gasteiger partial charge in [0.05, 0.1) is 18.3 Å². The minimum atomic E-state index is -0.472. The zero-order valence-electron chi connectivity index (χ0n) is 8.44. The van der Waals surface area contributed by atoms with Gasteiger partial charge < -0.3 is 9.84 Å². The normalized spacial score (nSPS) is 12.2. The summed E-state index contributed by atoms with van der Waals surface area (Å²) in [5.41, 5.74) is 0.181. The Hall–Kier alpha value is -1.42. The Bertz CT molecular complexity index is 337. The summed E-state index contributed by atoms with van der Waals surface area (Å²) < 4.78 is 18.0. The molecule has 1 N–H and O–H groups in total. The lowest BCUT2D eigenvalue weighted by molar-refractivity contribution is 0.111. The van der Waals surface area contributed by atoms with Crippen LogP contribution in [-0.2, 0) is 0 Å². The molecule has 4 heteroatoms. The van der Waals surface area contributed by atoms with Gasteiger partial charge in [-0.15, -0.1) is 0 Å². The fourth-order valence-corrected chi connectivity index (χ4v) is 1.08. The molecule has 1 aromatic carbocycles. The number of benzene rings is 1. The van der Waals surface area contributed by atoms with E-state index < -0.39 is 11.9 Å². The molecule has 0 saturated heterocycles. The molecule has 1 aromatic rings. The van der Waals surface area contributed by atoms with E-state index in [1.807, 2.05) is 0 Å². The van der Waals surface area contributed by atoms with E-state index >= 15 is 0 Å². The lowest BCUT2D eigenvalue weighted by Crippen LogP contribution is -2.08. The van der Waals surface area contributed by atoms with Crippen LogP contribution in [0.1, 0.15) is 23.7 Å². The Morgan fingerprint density at radius 3 is 2.93 bits per heavy atom. The largest absolute Gasteiger partial charge is 0.493 e. The quantitative estimate of drug-likeness (QED) is 0.757. The number of hydrogen-bond donors (Lipinski definition) is 1. The van der Waals surface area contributed by atoms with Gasteiger partial charge in [-0.05, 0) is 25.1 Å². The van der Waals surface area contributed by atoms with E-state index in [2.05, 4.69) is 0 Å². The van der Waals surface area contributed by atoms with Gasteiger partial charge in [0.25, 0.3) is 0 Å². The lowest BCUT2D eigenvalue weighted by Gasteiger charge is -2.09. The van der Waals surface area contributed by atoms with Crippen molar-refractivity contribution in [2.45, 2.75) is 19.4 Å². The molecule has 0 fully saturated rings. The number of aliphatic hydroxyl groups excluding tert-OH is 1. The van der Waals surface area contributed by atoms with Crippen LogP contribution in [0.4, 0.5) is 4.39 Å². The van der Waals surface area contributed by atoms with Crippen molar-refractivity contribution in [2.24, 2.45) is 0 Å². The number of carbonyl (C=O) groups excluding carboxylic acids is 1. The highest BCUT2D eigenvalue weighted by Crippen LogP contribution is 2.18. The van der Waals surface area contributed by atoms with Crippen LogP contribution in [0.5, 0.6) is 5.75 Å². The molecule has 3 nitrogen and oxygen atoms in total. The summed E-state index contributed by atoms with van der Waals surface area (Å²) in [6.45, 7) is 1.94. The number of carbonyl (C=O) groups is 1. The van der Waals surface area contributed by atoms with Crippen molar-refractivity contribution >= 4 is 6.29 Å². The van der Waals surface area contributed by atoms with Crippen molar-refractivity contribution in [1.82, 2.24) is 0 Å². The topological polar surface area (TPSA) is 46.5 Å². The molecule has 0 spiro atoms. The number of halogens is 1. The monoisotopic (exact) mass is 212 g/mol. The molecular formula is C11H13FO3. The fraction of sp³-hybridized carbons (Fsp3) is 0.364. The van der Waals surface area contributed by atoms with Gasteiger partial charge in [-0.2, -0.15) is 0 Å². The minimum Gasteiger partial charge on any atom is -0.493 e. The molecule has 82 valence electrons. The molecule has 0 aliphatic rings. The van der Waals surface area contributed by atoms with Crippen molar-refractivity contribution in [3.63, 3.8) is 0 Å². The summed E-state index contributed by atoms with van der Waals surface area (Å²) in [4.78, 5) is 10.6. The summed E-state index contributed by atoms with van der Waals surface area (Å²) >= 11 is 0. The van der Waals surface area contributed by atoms with Crippen molar-refractivity contribution in [3.05, 3.63) is 29.6 Å². The van der Waals surface area contributed by atoms with E-state index in [-0.39, 0.29) is 5.56 Å². The minimum absolute atomic E-state index is 0.181. The Kier molecular flexibility index (Phi) is 4.24. The SMILES string of the molecule is CC(O)CCOc1ccc(F)cc1C=O. The van der Waals surface area contributed by atoms with E-state index in [9.17, 15) is 9.18 Å². The highest BCUT2D eigenvalue weighted by atomic mass is 19.1. The molecule has 0 bridgehead atoms. The maximum absolute atomic E-state index is 12.7. The summed E-state index contributed by atoms with van der Waals surface area (Å²) in [6, 6.07) is 3.75. The van der Waals surface area contributed by atoms with Gasteiger partial charge in [0.15, 0.2) is 6.29 Å². The molecule has 0 saturated carbocycles. The first-order chi connectivity index (χ1) is 7.13. The van der Waals surface area contributed by atoms with Crippen molar-refractivity contribution < 1.29 is 19.0 Å². The molecule has 15 heavy (non-hydrogen) atoms. The predicted molar refractivity (Wildman–Crippen MR) is 53.6 cm³/mol.